The number of nitrogens with zero attached hydrogens (tertiary/aromatic N) is 3. The maximum absolute atomic E-state index is 13.7. The molecule has 1 aromatic heterocycles. The molecule has 4 rings (SSSR count). The average Bonchev–Trinajstić information content (AvgIpc) is 3.30. The van der Waals surface area contributed by atoms with Crippen molar-refractivity contribution in [3.63, 3.8) is 0 Å². The van der Waals surface area contributed by atoms with Crippen molar-refractivity contribution in [1.82, 2.24) is 9.19 Å². The van der Waals surface area contributed by atoms with Gasteiger partial charge in [-0.25, -0.2) is 13.2 Å². The monoisotopic (exact) mass is 407 g/mol. The summed E-state index contributed by atoms with van der Waals surface area (Å²) in [5.74, 6) is -1.63. The van der Waals surface area contributed by atoms with Gasteiger partial charge in [0.25, 0.3) is 10.0 Å². The van der Waals surface area contributed by atoms with Crippen molar-refractivity contribution in [3.8, 4) is 0 Å². The third-order valence-electron chi connectivity index (χ3n) is 4.75. The van der Waals surface area contributed by atoms with Crippen molar-refractivity contribution in [1.29, 1.82) is 0 Å². The molecule has 0 radical (unpaired) electrons. The summed E-state index contributed by atoms with van der Waals surface area (Å²) in [6, 6.07) is 8.90. The number of hydrogen-bond donors (Lipinski definition) is 0. The van der Waals surface area contributed by atoms with E-state index < -0.39 is 27.5 Å². The molecule has 3 aromatic rings. The van der Waals surface area contributed by atoms with Crippen LogP contribution in [0.5, 0.6) is 0 Å². The Labute approximate surface area is 160 Å². The molecule has 0 saturated carbocycles. The molecule has 1 saturated heterocycles. The van der Waals surface area contributed by atoms with Gasteiger partial charge in [-0.05, 0) is 54.8 Å². The summed E-state index contributed by atoms with van der Waals surface area (Å²) in [6.45, 7) is 0.507. The van der Waals surface area contributed by atoms with Crippen LogP contribution in [0.15, 0.2) is 59.6 Å². The first-order chi connectivity index (χ1) is 13.4. The average molecular weight is 407 g/mol. The van der Waals surface area contributed by atoms with Gasteiger partial charge in [0.2, 0.25) is 0 Å². The Bertz CT molecular complexity index is 1090. The van der Waals surface area contributed by atoms with E-state index in [0.29, 0.717) is 18.5 Å². The first-order valence-electron chi connectivity index (χ1n) is 8.64. The van der Waals surface area contributed by atoms with Crippen LogP contribution >= 0.6 is 0 Å². The van der Waals surface area contributed by atoms with Crippen molar-refractivity contribution >= 4 is 15.8 Å². The van der Waals surface area contributed by atoms with E-state index >= 15 is 0 Å². The van der Waals surface area contributed by atoms with E-state index in [2.05, 4.69) is 5.10 Å². The highest BCUT2D eigenvalue weighted by Crippen LogP contribution is 2.37. The zero-order valence-electron chi connectivity index (χ0n) is 14.6. The Morgan fingerprint density at radius 1 is 0.929 bits per heavy atom. The number of halogens is 3. The smallest absolute Gasteiger partial charge is 0.284 e. The molecule has 9 heteroatoms. The highest BCUT2D eigenvalue weighted by molar-refractivity contribution is 7.90. The van der Waals surface area contributed by atoms with Gasteiger partial charge in [0.15, 0.2) is 0 Å². The summed E-state index contributed by atoms with van der Waals surface area (Å²) < 4.78 is 67.3. The lowest BCUT2D eigenvalue weighted by molar-refractivity contribution is 0.568. The van der Waals surface area contributed by atoms with Crippen LogP contribution < -0.4 is 4.90 Å². The van der Waals surface area contributed by atoms with Crippen LogP contribution in [0.4, 0.5) is 19.0 Å². The Kier molecular flexibility index (Phi) is 4.62. The molecule has 0 spiro atoms. The molecule has 0 aliphatic carbocycles. The Hall–Kier alpha value is -2.81. The molecule has 0 amide bonds. The molecule has 1 fully saturated rings. The molecule has 2 aromatic carbocycles. The molecule has 1 atom stereocenters. The molecule has 0 N–H and O–H groups in total. The van der Waals surface area contributed by atoms with Gasteiger partial charge in [-0.2, -0.15) is 13.5 Å². The predicted molar refractivity (Wildman–Crippen MR) is 96.9 cm³/mol. The molecule has 1 unspecified atom stereocenters. The summed E-state index contributed by atoms with van der Waals surface area (Å²) in [7, 11) is -4.05. The van der Waals surface area contributed by atoms with Crippen LogP contribution in [-0.2, 0) is 10.0 Å². The zero-order valence-corrected chi connectivity index (χ0v) is 15.4. The number of aromatic nitrogens is 2. The Morgan fingerprint density at radius 2 is 1.61 bits per heavy atom. The predicted octanol–water partition coefficient (Wildman–Crippen LogP) is 3.88. The van der Waals surface area contributed by atoms with Gasteiger partial charge in [0.05, 0.1) is 17.1 Å². The zero-order chi connectivity index (χ0) is 19.9. The fourth-order valence-electron chi connectivity index (χ4n) is 3.54. The molecular weight excluding hydrogens is 391 g/mol. The normalized spacial score (nSPS) is 17.2. The third kappa shape index (κ3) is 3.26. The lowest BCUT2D eigenvalue weighted by atomic mass is 10.0. The lowest BCUT2D eigenvalue weighted by Crippen LogP contribution is -2.28. The van der Waals surface area contributed by atoms with E-state index in [9.17, 15) is 21.6 Å². The number of benzene rings is 2. The maximum Gasteiger partial charge on any atom is 0.284 e. The summed E-state index contributed by atoms with van der Waals surface area (Å²) in [5.41, 5.74) is 0.432. The Morgan fingerprint density at radius 3 is 2.29 bits per heavy atom. The maximum atomic E-state index is 13.7. The van der Waals surface area contributed by atoms with Crippen molar-refractivity contribution in [2.45, 2.75) is 23.8 Å². The summed E-state index contributed by atoms with van der Waals surface area (Å²) >= 11 is 0. The van der Waals surface area contributed by atoms with Gasteiger partial charge in [-0.1, -0.05) is 0 Å². The third-order valence-corrected chi connectivity index (χ3v) is 6.35. The largest absolute Gasteiger partial charge is 0.349 e. The molecule has 146 valence electrons. The van der Waals surface area contributed by atoms with Gasteiger partial charge in [0.1, 0.15) is 23.3 Å². The fourth-order valence-corrected chi connectivity index (χ4v) is 4.81. The van der Waals surface area contributed by atoms with Crippen molar-refractivity contribution in [2.24, 2.45) is 0 Å². The molecule has 5 nitrogen and oxygen atoms in total. The van der Waals surface area contributed by atoms with E-state index in [-0.39, 0.29) is 16.8 Å². The van der Waals surface area contributed by atoms with Crippen molar-refractivity contribution in [2.75, 3.05) is 11.4 Å². The van der Waals surface area contributed by atoms with Crippen molar-refractivity contribution < 1.29 is 21.6 Å². The van der Waals surface area contributed by atoms with Gasteiger partial charge in [-0.3, -0.25) is 0 Å². The number of anilines is 1. The highest BCUT2D eigenvalue weighted by Gasteiger charge is 2.32. The summed E-state index contributed by atoms with van der Waals surface area (Å²) in [4.78, 5) is 1.66. The minimum absolute atomic E-state index is 0.105. The van der Waals surface area contributed by atoms with Gasteiger partial charge < -0.3 is 4.90 Å². The fraction of sp³-hybridized carbons (Fsp3) is 0.211. The SMILES string of the molecule is O=S(=O)(c1ccc(F)cc1)n1nccc1N1CCCC1c1cc(F)cc(F)c1. The summed E-state index contributed by atoms with van der Waals surface area (Å²) in [5, 5.41) is 3.94. The molecule has 2 heterocycles. The first-order valence-corrected chi connectivity index (χ1v) is 10.1. The summed E-state index contributed by atoms with van der Waals surface area (Å²) in [6.07, 6.45) is 2.69. The van der Waals surface area contributed by atoms with Crippen LogP contribution in [0.1, 0.15) is 24.4 Å². The standard InChI is InChI=1S/C19H16F3N3O2S/c20-14-3-5-17(6-4-14)28(26,27)25-19(7-8-23-25)24-9-1-2-18(24)13-10-15(21)12-16(22)11-13/h3-8,10-12,18H,1-2,9H2. The molecule has 0 bridgehead atoms. The topological polar surface area (TPSA) is 55.2 Å². The van der Waals surface area contributed by atoms with Crippen LogP contribution in [0.2, 0.25) is 0 Å². The molecule has 1 aliphatic heterocycles. The highest BCUT2D eigenvalue weighted by atomic mass is 32.2. The lowest BCUT2D eigenvalue weighted by Gasteiger charge is -2.27. The van der Waals surface area contributed by atoms with E-state index in [1.165, 1.54) is 36.5 Å². The van der Waals surface area contributed by atoms with Crippen LogP contribution in [0, 0.1) is 17.5 Å². The van der Waals surface area contributed by atoms with Crippen LogP contribution in [0.25, 0.3) is 0 Å². The van der Waals surface area contributed by atoms with Gasteiger partial charge >= 0.3 is 0 Å². The Balaban J connectivity index is 1.75. The van der Waals surface area contributed by atoms with E-state index in [1.807, 2.05) is 0 Å². The van der Waals surface area contributed by atoms with Gasteiger partial charge in [0, 0.05) is 18.7 Å². The van der Waals surface area contributed by atoms with E-state index in [1.54, 1.807) is 4.90 Å². The number of hydrogen-bond acceptors (Lipinski definition) is 4. The van der Waals surface area contributed by atoms with Gasteiger partial charge in [-0.15, -0.1) is 4.09 Å². The van der Waals surface area contributed by atoms with Crippen molar-refractivity contribution in [3.05, 3.63) is 77.7 Å². The number of rotatable bonds is 4. The second-order valence-corrected chi connectivity index (χ2v) is 8.31. The second-order valence-electron chi connectivity index (χ2n) is 6.55. The molecule has 1 aliphatic rings. The molecule has 28 heavy (non-hydrogen) atoms. The van der Waals surface area contributed by atoms with E-state index in [4.69, 9.17) is 0 Å². The van der Waals surface area contributed by atoms with E-state index in [0.717, 1.165) is 28.7 Å². The van der Waals surface area contributed by atoms with Crippen LogP contribution in [0.3, 0.4) is 0 Å². The molecular formula is C19H16F3N3O2S. The minimum atomic E-state index is -4.05. The van der Waals surface area contributed by atoms with Crippen LogP contribution in [-0.4, -0.2) is 24.1 Å². The quantitative estimate of drug-likeness (QED) is 0.659. The second kappa shape index (κ2) is 6.97. The minimum Gasteiger partial charge on any atom is -0.349 e. The first kappa shape index (κ1) is 18.5.